The summed E-state index contributed by atoms with van der Waals surface area (Å²) in [7, 11) is 0. The molecule has 0 fully saturated rings. The van der Waals surface area contributed by atoms with E-state index >= 15 is 0 Å². The van der Waals surface area contributed by atoms with Crippen LogP contribution in [0.2, 0.25) is 5.02 Å². The van der Waals surface area contributed by atoms with E-state index in [1.54, 1.807) is 42.6 Å². The highest BCUT2D eigenvalue weighted by Gasteiger charge is 2.23. The summed E-state index contributed by atoms with van der Waals surface area (Å²) in [4.78, 5) is 25.0. The highest BCUT2D eigenvalue weighted by atomic mass is 35.5. The number of rotatable bonds is 4. The highest BCUT2D eigenvalue weighted by Crippen LogP contribution is 2.33. The molecular weight excluding hydrogens is 457 g/mol. The molecule has 0 saturated carbocycles. The Kier molecular flexibility index (Phi) is 5.55. The fourth-order valence-electron chi connectivity index (χ4n) is 3.98. The summed E-state index contributed by atoms with van der Waals surface area (Å²) in [6, 6.07) is 16.2. The first-order chi connectivity index (χ1) is 16.4. The van der Waals surface area contributed by atoms with Crippen molar-refractivity contribution in [2.75, 3.05) is 0 Å². The number of nitrogens with zero attached hydrogens (tertiary/aromatic N) is 3. The average Bonchev–Trinajstić information content (AvgIpc) is 2.96. The van der Waals surface area contributed by atoms with Gasteiger partial charge < -0.3 is 10.2 Å². The second-order valence-corrected chi connectivity index (χ2v) is 8.26. The van der Waals surface area contributed by atoms with Crippen LogP contribution in [0.5, 0.6) is 5.75 Å². The second-order valence-electron chi connectivity index (χ2n) is 7.83. The van der Waals surface area contributed by atoms with Crippen molar-refractivity contribution in [1.29, 1.82) is 0 Å². The Morgan fingerprint density at radius 1 is 1.03 bits per heavy atom. The van der Waals surface area contributed by atoms with Gasteiger partial charge in [-0.25, -0.2) is 19.2 Å². The number of halogens is 2. The summed E-state index contributed by atoms with van der Waals surface area (Å²) in [5.41, 5.74) is 4.23. The maximum atomic E-state index is 14.6. The first kappa shape index (κ1) is 21.7. The fourth-order valence-corrected chi connectivity index (χ4v) is 4.15. The normalized spacial score (nSPS) is 12.4. The molecule has 2 N–H and O–H groups in total. The second kappa shape index (κ2) is 8.68. The van der Waals surface area contributed by atoms with Crippen LogP contribution in [0.25, 0.3) is 11.3 Å². The standard InChI is InChI=1S/C26H17ClFN3O3/c27-16-6-8-17-20(11-16)25(18-3-1-2-4-21(18)28)30-13-15-12-29-23(31-24(15)17)10-14-5-7-19(26(33)34)22(32)9-14/h1-9,11-12,32H,10,13H2,(H,33,34). The van der Waals surface area contributed by atoms with Crippen LogP contribution in [0.3, 0.4) is 0 Å². The summed E-state index contributed by atoms with van der Waals surface area (Å²) in [5.74, 6) is -1.42. The smallest absolute Gasteiger partial charge is 0.339 e. The van der Waals surface area contributed by atoms with Gasteiger partial charge >= 0.3 is 5.97 Å². The van der Waals surface area contributed by atoms with Crippen LogP contribution in [-0.4, -0.2) is 31.9 Å². The molecular formula is C26H17ClFN3O3. The molecule has 0 aliphatic carbocycles. The molecule has 0 atom stereocenters. The van der Waals surface area contributed by atoms with Crippen LogP contribution in [0.15, 0.2) is 71.9 Å². The number of aromatic hydroxyl groups is 1. The lowest BCUT2D eigenvalue weighted by Gasteiger charge is -2.13. The first-order valence-electron chi connectivity index (χ1n) is 10.4. The summed E-state index contributed by atoms with van der Waals surface area (Å²) >= 11 is 6.29. The molecule has 8 heteroatoms. The van der Waals surface area contributed by atoms with Crippen molar-refractivity contribution in [2.24, 2.45) is 4.99 Å². The molecule has 0 spiro atoms. The molecule has 0 amide bonds. The van der Waals surface area contributed by atoms with Gasteiger partial charge in [-0.1, -0.05) is 35.9 Å². The quantitative estimate of drug-likeness (QED) is 0.420. The molecule has 5 rings (SSSR count). The summed E-state index contributed by atoms with van der Waals surface area (Å²) in [5, 5.41) is 19.6. The lowest BCUT2D eigenvalue weighted by molar-refractivity contribution is 0.0693. The van der Waals surface area contributed by atoms with Gasteiger partial charge in [-0.2, -0.15) is 0 Å². The third-order valence-corrected chi connectivity index (χ3v) is 5.83. The molecule has 1 aliphatic rings. The predicted molar refractivity (Wildman–Crippen MR) is 126 cm³/mol. The maximum absolute atomic E-state index is 14.6. The Hall–Kier alpha value is -4.10. The Bertz CT molecular complexity index is 1490. The molecule has 3 aromatic carbocycles. The number of carboxylic acid groups (broad SMARTS) is 1. The lowest BCUT2D eigenvalue weighted by Crippen LogP contribution is -2.07. The van der Waals surface area contributed by atoms with Gasteiger partial charge in [0.25, 0.3) is 0 Å². The minimum Gasteiger partial charge on any atom is -0.507 e. The van der Waals surface area contributed by atoms with E-state index < -0.39 is 5.97 Å². The molecule has 0 bridgehead atoms. The van der Waals surface area contributed by atoms with E-state index in [2.05, 4.69) is 9.98 Å². The van der Waals surface area contributed by atoms with Crippen molar-refractivity contribution in [3.05, 3.63) is 111 Å². The molecule has 1 aromatic heterocycles. The lowest BCUT2D eigenvalue weighted by atomic mass is 9.95. The topological polar surface area (TPSA) is 95.7 Å². The molecule has 1 aliphatic heterocycles. The van der Waals surface area contributed by atoms with E-state index in [1.807, 2.05) is 6.07 Å². The van der Waals surface area contributed by atoms with E-state index in [4.69, 9.17) is 21.7 Å². The highest BCUT2D eigenvalue weighted by molar-refractivity contribution is 6.31. The average molecular weight is 474 g/mol. The number of carboxylic acids is 1. The predicted octanol–water partition coefficient (Wildman–Crippen LogP) is 5.28. The fraction of sp³-hybridized carbons (Fsp3) is 0.0769. The van der Waals surface area contributed by atoms with Crippen molar-refractivity contribution in [3.63, 3.8) is 0 Å². The van der Waals surface area contributed by atoms with Crippen LogP contribution in [-0.2, 0) is 13.0 Å². The van der Waals surface area contributed by atoms with Gasteiger partial charge in [0, 0.05) is 39.9 Å². The summed E-state index contributed by atoms with van der Waals surface area (Å²) in [6.07, 6.45) is 1.97. The molecule has 0 saturated heterocycles. The molecule has 4 aromatic rings. The first-order valence-corrected chi connectivity index (χ1v) is 10.8. The SMILES string of the molecule is O=C(O)c1ccc(Cc2ncc3c(n2)-c2ccc(Cl)cc2C(c2ccccc2F)=NC3)cc1O. The van der Waals surface area contributed by atoms with Crippen LogP contribution >= 0.6 is 11.6 Å². The zero-order valence-corrected chi connectivity index (χ0v) is 18.4. The van der Waals surface area contributed by atoms with E-state index in [9.17, 15) is 14.3 Å². The number of benzene rings is 3. The Labute approximate surface area is 199 Å². The third kappa shape index (κ3) is 4.02. The number of aromatic nitrogens is 2. The minimum atomic E-state index is -1.20. The van der Waals surface area contributed by atoms with Gasteiger partial charge in [0.15, 0.2) is 0 Å². The van der Waals surface area contributed by atoms with Crippen molar-refractivity contribution in [2.45, 2.75) is 13.0 Å². The van der Waals surface area contributed by atoms with Crippen LogP contribution in [0.1, 0.15) is 38.4 Å². The number of hydrogen-bond acceptors (Lipinski definition) is 5. The van der Waals surface area contributed by atoms with Crippen LogP contribution in [0.4, 0.5) is 4.39 Å². The summed E-state index contributed by atoms with van der Waals surface area (Å²) < 4.78 is 14.6. The number of phenols is 1. The molecule has 34 heavy (non-hydrogen) atoms. The van der Waals surface area contributed by atoms with Gasteiger partial charge in [-0.3, -0.25) is 4.99 Å². The largest absolute Gasteiger partial charge is 0.507 e. The van der Waals surface area contributed by atoms with E-state index in [1.165, 1.54) is 18.2 Å². The van der Waals surface area contributed by atoms with Crippen molar-refractivity contribution < 1.29 is 19.4 Å². The van der Waals surface area contributed by atoms with Crippen LogP contribution < -0.4 is 0 Å². The number of fused-ring (bicyclic) bond motifs is 3. The van der Waals surface area contributed by atoms with E-state index in [0.29, 0.717) is 38.9 Å². The molecule has 6 nitrogen and oxygen atoms in total. The number of aromatic carboxylic acids is 1. The Balaban J connectivity index is 1.58. The molecule has 0 radical (unpaired) electrons. The van der Waals surface area contributed by atoms with Crippen molar-refractivity contribution in [1.82, 2.24) is 9.97 Å². The van der Waals surface area contributed by atoms with E-state index in [-0.39, 0.29) is 30.1 Å². The Morgan fingerprint density at radius 2 is 1.85 bits per heavy atom. The van der Waals surface area contributed by atoms with Gasteiger partial charge in [0.1, 0.15) is 23.0 Å². The van der Waals surface area contributed by atoms with Gasteiger partial charge in [0.05, 0.1) is 18.0 Å². The maximum Gasteiger partial charge on any atom is 0.339 e. The number of aliphatic imine (C=N–C) groups is 1. The third-order valence-electron chi connectivity index (χ3n) is 5.60. The zero-order chi connectivity index (χ0) is 23.8. The van der Waals surface area contributed by atoms with E-state index in [0.717, 1.165) is 11.1 Å². The summed E-state index contributed by atoms with van der Waals surface area (Å²) in [6.45, 7) is 0.264. The number of hydrogen-bond donors (Lipinski definition) is 2. The molecule has 0 unspecified atom stereocenters. The van der Waals surface area contributed by atoms with Gasteiger partial charge in [0.2, 0.25) is 0 Å². The monoisotopic (exact) mass is 473 g/mol. The number of carbonyl (C=O) groups is 1. The van der Waals surface area contributed by atoms with Gasteiger partial charge in [-0.05, 0) is 42.0 Å². The van der Waals surface area contributed by atoms with Crippen molar-refractivity contribution >= 4 is 23.3 Å². The zero-order valence-electron chi connectivity index (χ0n) is 17.7. The molecule has 2 heterocycles. The molecule has 168 valence electrons. The van der Waals surface area contributed by atoms with Crippen LogP contribution in [0, 0.1) is 5.82 Å². The Morgan fingerprint density at radius 3 is 2.62 bits per heavy atom. The minimum absolute atomic E-state index is 0.171. The van der Waals surface area contributed by atoms with Gasteiger partial charge in [-0.15, -0.1) is 0 Å². The van der Waals surface area contributed by atoms with Crippen molar-refractivity contribution in [3.8, 4) is 17.0 Å².